The van der Waals surface area contributed by atoms with E-state index in [-0.39, 0.29) is 41.2 Å². The molecule has 5 atom stereocenters. The van der Waals surface area contributed by atoms with Crippen LogP contribution in [0.3, 0.4) is 0 Å². The Balaban J connectivity index is 1.58. The minimum absolute atomic E-state index is 0.0122. The Morgan fingerprint density at radius 1 is 1.04 bits per heavy atom. The van der Waals surface area contributed by atoms with E-state index in [4.69, 9.17) is 10.7 Å². The molecule has 0 radical (unpaired) electrons. The van der Waals surface area contributed by atoms with Crippen molar-refractivity contribution in [3.63, 3.8) is 0 Å². The molecule has 70 heavy (non-hydrogen) atoms. The minimum Gasteiger partial charge on any atom is -0.376 e. The summed E-state index contributed by atoms with van der Waals surface area (Å²) in [5.74, 6) is 18.8. The molecule has 3 heterocycles. The first kappa shape index (κ1) is 56.1. The van der Waals surface area contributed by atoms with Gasteiger partial charge in [-0.2, -0.15) is 0 Å². The van der Waals surface area contributed by atoms with Gasteiger partial charge in [-0.25, -0.2) is 9.21 Å². The normalized spacial score (nSPS) is 18.2. The standard InChI is InChI=1S/C60H89N7O2S/c1-15-18-26-60(9,10)40-53-51-39-49(50-35-44(6)34-48(36-50)38-54(59(69)64(11)28-20-19-27-61)63-46(8)57(43(4)5)65(12)42-68)24-25-55(51)67(17-3)58(53)52-37-47(41-62-56(52)45(7)16-2)23-21-29-66-30-22-32-70(13,14)33-31-66/h15,24-25,34-37,39,41-43,45,53-54,57-58,63H,1,8,13-14,16-20,22,26-33,38,40,61H2,2-7,9-12H3. The van der Waals surface area contributed by atoms with Crippen LogP contribution >= 0.6 is 9.21 Å². The van der Waals surface area contributed by atoms with Crippen molar-refractivity contribution < 1.29 is 9.59 Å². The van der Waals surface area contributed by atoms with Gasteiger partial charge in [-0.1, -0.05) is 108 Å². The average molecular weight is 972 g/mol. The van der Waals surface area contributed by atoms with Crippen LogP contribution in [0.15, 0.2) is 73.6 Å². The molecule has 0 saturated carbocycles. The fraction of sp³-hybridized carbons (Fsp3) is 0.550. The van der Waals surface area contributed by atoms with Gasteiger partial charge in [0.1, 0.15) is 6.04 Å². The number of nitrogens with two attached hydrogens (primary N) is 1. The molecule has 0 spiro atoms. The van der Waals surface area contributed by atoms with Crippen LogP contribution in [0.1, 0.15) is 145 Å². The number of rotatable bonds is 24. The molecule has 2 aromatic carbocycles. The van der Waals surface area contributed by atoms with E-state index < -0.39 is 15.2 Å². The molecule has 1 aromatic heterocycles. The van der Waals surface area contributed by atoms with Gasteiger partial charge in [-0.15, -0.1) is 6.58 Å². The quantitative estimate of drug-likeness (QED) is 0.0303. The lowest BCUT2D eigenvalue weighted by molar-refractivity contribution is -0.132. The van der Waals surface area contributed by atoms with Crippen LogP contribution < -0.4 is 16.0 Å². The van der Waals surface area contributed by atoms with Gasteiger partial charge in [-0.3, -0.25) is 19.5 Å². The number of benzene rings is 2. The van der Waals surface area contributed by atoms with Gasteiger partial charge in [0.15, 0.2) is 0 Å². The van der Waals surface area contributed by atoms with Gasteiger partial charge in [-0.05, 0) is 147 Å². The Morgan fingerprint density at radius 3 is 2.47 bits per heavy atom. The van der Waals surface area contributed by atoms with Gasteiger partial charge in [0.2, 0.25) is 12.3 Å². The first-order valence-electron chi connectivity index (χ1n) is 26.1. The molecule has 9 nitrogen and oxygen atoms in total. The molecule has 3 N–H and O–H groups in total. The summed E-state index contributed by atoms with van der Waals surface area (Å²) in [6.07, 6.45) is 12.2. The van der Waals surface area contributed by atoms with Crippen LogP contribution in [-0.4, -0.2) is 121 Å². The summed E-state index contributed by atoms with van der Waals surface area (Å²) in [6, 6.07) is 15.4. The number of pyridine rings is 1. The maximum atomic E-state index is 14.3. The lowest BCUT2D eigenvalue weighted by atomic mass is 9.73. The van der Waals surface area contributed by atoms with Crippen molar-refractivity contribution >= 4 is 39.0 Å². The van der Waals surface area contributed by atoms with Crippen LogP contribution in [0.2, 0.25) is 0 Å². The number of anilines is 1. The number of allylic oxidation sites excluding steroid dienone is 1. The first-order chi connectivity index (χ1) is 33.3. The SMILES string of the molecule is C=CCCC(C)(C)CC1c2cc(-c3cc(C)cc(CC(NC(=C)C(C(C)C)N(C)C=O)C(=O)N(C)CCCCN)c3)ccc2N(CC)C1c1cc(C#CCN2CCCS(=C)(=C)CC2)cnc1C(C)CC. The topological polar surface area (TPSA) is 98.0 Å². The smallest absolute Gasteiger partial charge is 0.245 e. The number of carbonyl (C=O) groups excluding carboxylic acids is 2. The van der Waals surface area contributed by atoms with Crippen molar-refractivity contribution in [2.45, 2.75) is 137 Å². The Morgan fingerprint density at radius 2 is 1.80 bits per heavy atom. The van der Waals surface area contributed by atoms with E-state index in [1.54, 1.807) is 16.8 Å². The molecule has 2 aliphatic heterocycles. The number of likely N-dealkylation sites (N-methyl/N-ethyl adjacent to an activating group) is 3. The van der Waals surface area contributed by atoms with Crippen molar-refractivity contribution in [3.8, 4) is 23.0 Å². The Kier molecular flexibility index (Phi) is 20.5. The summed E-state index contributed by atoms with van der Waals surface area (Å²) >= 11 is 0. The van der Waals surface area contributed by atoms with Gasteiger partial charge in [0, 0.05) is 74.9 Å². The number of nitrogens with zero attached hydrogens (tertiary/aromatic N) is 5. The van der Waals surface area contributed by atoms with Crippen molar-refractivity contribution in [2.24, 2.45) is 17.1 Å². The predicted molar refractivity (Wildman–Crippen MR) is 304 cm³/mol. The summed E-state index contributed by atoms with van der Waals surface area (Å²) in [6.45, 7) is 31.3. The Hall–Kier alpha value is -4.82. The Labute approximate surface area is 425 Å². The first-order valence-corrected chi connectivity index (χ1v) is 28.4. The third-order valence-corrected chi connectivity index (χ3v) is 17.1. The second kappa shape index (κ2) is 25.5. The van der Waals surface area contributed by atoms with Crippen molar-refractivity contribution in [2.75, 3.05) is 69.8 Å². The number of fused-ring (bicyclic) bond motifs is 1. The zero-order valence-electron chi connectivity index (χ0n) is 44.9. The molecule has 2 aliphatic rings. The highest BCUT2D eigenvalue weighted by Gasteiger charge is 2.43. The number of aromatic nitrogens is 1. The maximum Gasteiger partial charge on any atom is 0.245 e. The number of hydrogen-bond acceptors (Lipinski definition) is 7. The fourth-order valence-corrected chi connectivity index (χ4v) is 12.5. The molecule has 0 aliphatic carbocycles. The molecule has 1 fully saturated rings. The number of unbranched alkanes of at least 4 members (excludes halogenated alkanes) is 1. The van der Waals surface area contributed by atoms with E-state index in [1.165, 1.54) is 22.5 Å². The summed E-state index contributed by atoms with van der Waals surface area (Å²) < 4.78 is 0. The second-order valence-electron chi connectivity index (χ2n) is 21.7. The molecule has 5 rings (SSSR count). The number of aryl methyl sites for hydroxylation is 1. The number of nitrogens with one attached hydrogen (secondary N) is 1. The summed E-state index contributed by atoms with van der Waals surface area (Å²) in [5, 5.41) is 3.53. The van der Waals surface area contributed by atoms with Crippen LogP contribution in [0, 0.1) is 30.1 Å². The van der Waals surface area contributed by atoms with Gasteiger partial charge in [0.25, 0.3) is 0 Å². The minimum atomic E-state index is -1.00. The number of carbonyl (C=O) groups is 2. The zero-order chi connectivity index (χ0) is 51.3. The lowest BCUT2D eigenvalue weighted by Gasteiger charge is -2.36. The van der Waals surface area contributed by atoms with E-state index in [2.05, 4.69) is 156 Å². The highest BCUT2D eigenvalue weighted by Crippen LogP contribution is 2.55. The summed E-state index contributed by atoms with van der Waals surface area (Å²) in [7, 11) is 2.63. The number of amides is 2. The highest BCUT2D eigenvalue weighted by atomic mass is 32.2. The van der Waals surface area contributed by atoms with Crippen LogP contribution in [0.5, 0.6) is 0 Å². The molecule has 2 amide bonds. The summed E-state index contributed by atoms with van der Waals surface area (Å²) in [4.78, 5) is 40.1. The average Bonchev–Trinajstić information content (AvgIpc) is 3.50. The fourth-order valence-electron chi connectivity index (χ4n) is 10.9. The predicted octanol–water partition coefficient (Wildman–Crippen LogP) is 10.7. The van der Waals surface area contributed by atoms with Crippen molar-refractivity contribution in [1.29, 1.82) is 0 Å². The van der Waals surface area contributed by atoms with Crippen molar-refractivity contribution in [3.05, 3.63) is 107 Å². The van der Waals surface area contributed by atoms with E-state index in [0.717, 1.165) is 117 Å². The molecule has 382 valence electrons. The van der Waals surface area contributed by atoms with Crippen LogP contribution in [-0.2, 0) is 16.0 Å². The molecular weight excluding hydrogens is 883 g/mol. The largest absolute Gasteiger partial charge is 0.376 e. The molecule has 5 unspecified atom stereocenters. The lowest BCUT2D eigenvalue weighted by Crippen LogP contribution is -2.50. The van der Waals surface area contributed by atoms with Crippen molar-refractivity contribution in [1.82, 2.24) is 25.0 Å². The third-order valence-electron chi connectivity index (χ3n) is 14.9. The van der Waals surface area contributed by atoms with E-state index in [0.29, 0.717) is 25.2 Å². The third kappa shape index (κ3) is 14.6. The van der Waals surface area contributed by atoms with E-state index >= 15 is 0 Å². The maximum absolute atomic E-state index is 14.3. The van der Waals surface area contributed by atoms with Gasteiger partial charge < -0.3 is 25.8 Å². The number of hydrogen-bond donors (Lipinski definition) is 2. The monoisotopic (exact) mass is 972 g/mol. The highest BCUT2D eigenvalue weighted by molar-refractivity contribution is 8.27. The molecule has 0 bridgehead atoms. The molecule has 10 heteroatoms. The van der Waals surface area contributed by atoms with Gasteiger partial charge in [0.05, 0.1) is 18.6 Å². The molecule has 1 saturated heterocycles. The van der Waals surface area contributed by atoms with E-state index in [9.17, 15) is 9.59 Å². The summed E-state index contributed by atoms with van der Waals surface area (Å²) in [5.41, 5.74) is 17.1. The van der Waals surface area contributed by atoms with Gasteiger partial charge >= 0.3 is 0 Å². The molecule has 3 aromatic rings. The van der Waals surface area contributed by atoms with Crippen LogP contribution in [0.4, 0.5) is 5.69 Å². The second-order valence-corrected chi connectivity index (χ2v) is 25.0. The van der Waals surface area contributed by atoms with Crippen LogP contribution in [0.25, 0.3) is 11.1 Å². The molecular formula is C60H89N7O2S. The van der Waals surface area contributed by atoms with E-state index in [1.807, 2.05) is 13.2 Å². The zero-order valence-corrected chi connectivity index (χ0v) is 45.7. The Bertz CT molecular complexity index is 2450.